The van der Waals surface area contributed by atoms with Crippen molar-refractivity contribution in [2.75, 3.05) is 26.2 Å². The third-order valence-electron chi connectivity index (χ3n) is 4.12. The largest absolute Gasteiger partial charge is 0.357 e. The summed E-state index contributed by atoms with van der Waals surface area (Å²) in [7, 11) is 0. The van der Waals surface area contributed by atoms with Crippen LogP contribution in [0.15, 0.2) is 29.3 Å². The van der Waals surface area contributed by atoms with Crippen molar-refractivity contribution in [1.29, 1.82) is 0 Å². The van der Waals surface area contributed by atoms with Crippen LogP contribution in [0.2, 0.25) is 0 Å². The Morgan fingerprint density at radius 3 is 2.38 bits per heavy atom. The number of hydrogen-bond acceptors (Lipinski definition) is 2. The van der Waals surface area contributed by atoms with Gasteiger partial charge >= 0.3 is 0 Å². The highest BCUT2D eigenvalue weighted by Crippen LogP contribution is 2.16. The fraction of sp³-hybridized carbons (Fsp3) is 0.600. The Hall–Kier alpha value is -1.31. The third-order valence-corrected chi connectivity index (χ3v) is 4.12. The van der Waals surface area contributed by atoms with E-state index in [2.05, 4.69) is 59.1 Å². The molecule has 0 radical (unpaired) electrons. The fourth-order valence-electron chi connectivity index (χ4n) is 2.43. The molecule has 0 saturated carbocycles. The van der Waals surface area contributed by atoms with Gasteiger partial charge < -0.3 is 16.0 Å². The Labute approximate surface area is 175 Å². The van der Waals surface area contributed by atoms with Crippen LogP contribution in [0.25, 0.3) is 0 Å². The lowest BCUT2D eigenvalue weighted by Crippen LogP contribution is -2.42. The summed E-state index contributed by atoms with van der Waals surface area (Å²) >= 11 is 0. The zero-order valence-corrected chi connectivity index (χ0v) is 19.3. The van der Waals surface area contributed by atoms with Crippen molar-refractivity contribution in [2.24, 2.45) is 10.4 Å². The van der Waals surface area contributed by atoms with Crippen LogP contribution in [-0.4, -0.2) is 38.0 Å². The molecule has 0 aliphatic carbocycles. The van der Waals surface area contributed by atoms with Gasteiger partial charge in [-0.15, -0.1) is 24.0 Å². The van der Waals surface area contributed by atoms with Crippen LogP contribution in [0.3, 0.4) is 0 Å². The van der Waals surface area contributed by atoms with Gasteiger partial charge in [-0.1, -0.05) is 36.8 Å². The van der Waals surface area contributed by atoms with Gasteiger partial charge in [0.25, 0.3) is 0 Å². The van der Waals surface area contributed by atoms with Crippen LogP contribution in [0.4, 0.5) is 0 Å². The number of halogens is 1. The molecule has 5 nitrogen and oxygen atoms in total. The van der Waals surface area contributed by atoms with Crippen molar-refractivity contribution < 1.29 is 4.79 Å². The van der Waals surface area contributed by atoms with Gasteiger partial charge in [-0.25, -0.2) is 0 Å². The summed E-state index contributed by atoms with van der Waals surface area (Å²) < 4.78 is 0. The minimum Gasteiger partial charge on any atom is -0.357 e. The number of hydrogen-bond donors (Lipinski definition) is 3. The average Bonchev–Trinajstić information content (AvgIpc) is 2.57. The van der Waals surface area contributed by atoms with E-state index in [-0.39, 0.29) is 29.9 Å². The Kier molecular flexibility index (Phi) is 11.5. The summed E-state index contributed by atoms with van der Waals surface area (Å²) in [4.78, 5) is 16.7. The van der Waals surface area contributed by atoms with E-state index in [0.717, 1.165) is 19.0 Å². The lowest BCUT2D eigenvalue weighted by atomic mass is 9.92. The maximum absolute atomic E-state index is 12.1. The molecule has 3 N–H and O–H groups in total. The number of aryl methyl sites for hydroxylation is 1. The summed E-state index contributed by atoms with van der Waals surface area (Å²) in [5.74, 6) is 1.15. The molecular weight excluding hydrogens is 439 g/mol. The maximum atomic E-state index is 12.1. The van der Waals surface area contributed by atoms with E-state index in [1.54, 1.807) is 0 Å². The smallest absolute Gasteiger partial charge is 0.227 e. The Balaban J connectivity index is 0.00000625. The van der Waals surface area contributed by atoms with Gasteiger partial charge in [-0.05, 0) is 46.1 Å². The van der Waals surface area contributed by atoms with Gasteiger partial charge in [0.2, 0.25) is 5.91 Å². The van der Waals surface area contributed by atoms with Gasteiger partial charge in [0.15, 0.2) is 5.96 Å². The molecule has 148 valence electrons. The molecule has 1 aromatic rings. The van der Waals surface area contributed by atoms with Gasteiger partial charge in [0, 0.05) is 19.6 Å². The minimum absolute atomic E-state index is 0. The quantitative estimate of drug-likeness (QED) is 0.307. The lowest BCUT2D eigenvalue weighted by molar-refractivity contribution is -0.128. The van der Waals surface area contributed by atoms with Crippen molar-refractivity contribution in [3.63, 3.8) is 0 Å². The first-order chi connectivity index (χ1) is 11.8. The first-order valence-corrected chi connectivity index (χ1v) is 9.17. The highest BCUT2D eigenvalue weighted by Gasteiger charge is 2.26. The van der Waals surface area contributed by atoms with E-state index < -0.39 is 5.41 Å². The summed E-state index contributed by atoms with van der Waals surface area (Å²) in [6, 6.07) is 8.57. The Bertz CT molecular complexity index is 587. The van der Waals surface area contributed by atoms with E-state index in [4.69, 9.17) is 0 Å². The summed E-state index contributed by atoms with van der Waals surface area (Å²) in [6.45, 7) is 14.8. The molecule has 0 saturated heterocycles. The number of guanidine groups is 1. The molecule has 6 heteroatoms. The van der Waals surface area contributed by atoms with E-state index in [1.165, 1.54) is 11.1 Å². The predicted octanol–water partition coefficient (Wildman–Crippen LogP) is 3.43. The summed E-state index contributed by atoms with van der Waals surface area (Å²) in [5, 5.41) is 9.51. The maximum Gasteiger partial charge on any atom is 0.227 e. The SMILES string of the molecule is CCNC(=O)C(C)(C)CN=C(NCC)NCC(C)c1cccc(C)c1.I. The second kappa shape index (κ2) is 12.1. The molecule has 1 unspecified atom stereocenters. The van der Waals surface area contributed by atoms with Crippen LogP contribution < -0.4 is 16.0 Å². The Morgan fingerprint density at radius 1 is 1.15 bits per heavy atom. The number of nitrogens with one attached hydrogen (secondary N) is 3. The molecule has 1 atom stereocenters. The van der Waals surface area contributed by atoms with E-state index in [0.29, 0.717) is 19.0 Å². The normalized spacial score (nSPS) is 12.8. The van der Waals surface area contributed by atoms with Gasteiger partial charge in [0.05, 0.1) is 12.0 Å². The summed E-state index contributed by atoms with van der Waals surface area (Å²) in [5.41, 5.74) is 2.06. The molecule has 0 aromatic heterocycles. The molecule has 0 aliphatic heterocycles. The van der Waals surface area contributed by atoms with Gasteiger partial charge in [-0.2, -0.15) is 0 Å². The van der Waals surface area contributed by atoms with Crippen LogP contribution in [0.5, 0.6) is 0 Å². The number of benzene rings is 1. The number of nitrogens with zero attached hydrogens (tertiary/aromatic N) is 1. The zero-order valence-electron chi connectivity index (χ0n) is 17.0. The number of carbonyl (C=O) groups excluding carboxylic acids is 1. The number of carbonyl (C=O) groups is 1. The molecule has 0 fully saturated rings. The molecule has 0 heterocycles. The second-order valence-electron chi connectivity index (χ2n) is 7.13. The van der Waals surface area contributed by atoms with Crippen molar-refractivity contribution in [2.45, 2.75) is 47.5 Å². The number of amides is 1. The van der Waals surface area contributed by atoms with Crippen LogP contribution in [0, 0.1) is 12.3 Å². The van der Waals surface area contributed by atoms with Crippen LogP contribution in [-0.2, 0) is 4.79 Å². The molecule has 0 aliphatic rings. The van der Waals surface area contributed by atoms with Crippen molar-refractivity contribution in [3.05, 3.63) is 35.4 Å². The van der Waals surface area contributed by atoms with Crippen LogP contribution >= 0.6 is 24.0 Å². The highest BCUT2D eigenvalue weighted by atomic mass is 127. The van der Waals surface area contributed by atoms with Gasteiger partial charge in [-0.3, -0.25) is 9.79 Å². The zero-order chi connectivity index (χ0) is 18.9. The minimum atomic E-state index is -0.527. The first kappa shape index (κ1) is 24.7. The standard InChI is InChI=1S/C20H34N4O.HI/c1-7-21-18(25)20(5,6)14-24-19(22-8-2)23-13-16(4)17-11-9-10-15(3)12-17;/h9-12,16H,7-8,13-14H2,1-6H3,(H,21,25)(H2,22,23,24);1H. The molecule has 0 bridgehead atoms. The van der Waals surface area contributed by atoms with E-state index in [1.807, 2.05) is 27.7 Å². The fourth-order valence-corrected chi connectivity index (χ4v) is 2.43. The molecule has 1 aromatic carbocycles. The monoisotopic (exact) mass is 474 g/mol. The topological polar surface area (TPSA) is 65.5 Å². The first-order valence-electron chi connectivity index (χ1n) is 9.17. The van der Waals surface area contributed by atoms with Crippen molar-refractivity contribution >= 4 is 35.8 Å². The number of aliphatic imine (C=N–C) groups is 1. The molecule has 1 rings (SSSR count). The molecule has 1 amide bonds. The van der Waals surface area contributed by atoms with Gasteiger partial charge in [0.1, 0.15) is 0 Å². The average molecular weight is 474 g/mol. The van der Waals surface area contributed by atoms with Crippen molar-refractivity contribution in [3.8, 4) is 0 Å². The van der Waals surface area contributed by atoms with Crippen molar-refractivity contribution in [1.82, 2.24) is 16.0 Å². The second-order valence-corrected chi connectivity index (χ2v) is 7.13. The van der Waals surface area contributed by atoms with E-state index in [9.17, 15) is 4.79 Å². The molecule has 0 spiro atoms. The summed E-state index contributed by atoms with van der Waals surface area (Å²) in [6.07, 6.45) is 0. The van der Waals surface area contributed by atoms with E-state index >= 15 is 0 Å². The third kappa shape index (κ3) is 8.38. The van der Waals surface area contributed by atoms with Crippen LogP contribution in [0.1, 0.15) is 51.7 Å². The highest BCUT2D eigenvalue weighted by molar-refractivity contribution is 14.0. The molecule has 26 heavy (non-hydrogen) atoms. The Morgan fingerprint density at radius 2 is 1.81 bits per heavy atom. The predicted molar refractivity (Wildman–Crippen MR) is 121 cm³/mol. The molecular formula is C20H35IN4O. The number of rotatable bonds is 8. The lowest BCUT2D eigenvalue weighted by Gasteiger charge is -2.22.